The minimum absolute atomic E-state index is 0.115. The second kappa shape index (κ2) is 8.39. The number of hydrogen-bond donors (Lipinski definition) is 1. The SMILES string of the molecule is Cc1ccc(-c2noc(-c3cccn(CC(=O)Nc4cc(C)cc(C)c4)c3=O)n2)cc1. The molecule has 0 unspecified atom stereocenters. The van der Waals surface area contributed by atoms with E-state index in [1.54, 1.807) is 18.3 Å². The Bertz CT molecular complexity index is 1280. The zero-order chi connectivity index (χ0) is 22.0. The maximum absolute atomic E-state index is 12.9. The number of nitrogens with zero attached hydrogens (tertiary/aromatic N) is 3. The highest BCUT2D eigenvalue weighted by molar-refractivity contribution is 5.90. The molecule has 2 aromatic heterocycles. The van der Waals surface area contributed by atoms with E-state index >= 15 is 0 Å². The molecule has 1 amide bonds. The van der Waals surface area contributed by atoms with Crippen molar-refractivity contribution < 1.29 is 9.32 Å². The first-order valence-corrected chi connectivity index (χ1v) is 9.88. The normalized spacial score (nSPS) is 10.8. The van der Waals surface area contributed by atoms with Crippen LogP contribution in [-0.2, 0) is 11.3 Å². The van der Waals surface area contributed by atoms with Crippen molar-refractivity contribution in [2.45, 2.75) is 27.3 Å². The Labute approximate surface area is 179 Å². The molecule has 7 nitrogen and oxygen atoms in total. The number of carbonyl (C=O) groups is 1. The Morgan fingerprint density at radius 1 is 1.00 bits per heavy atom. The predicted molar refractivity (Wildman–Crippen MR) is 119 cm³/mol. The lowest BCUT2D eigenvalue weighted by atomic mass is 10.1. The number of aryl methyl sites for hydroxylation is 3. The van der Waals surface area contributed by atoms with Gasteiger partial charge >= 0.3 is 0 Å². The van der Waals surface area contributed by atoms with Gasteiger partial charge in [-0.3, -0.25) is 9.59 Å². The summed E-state index contributed by atoms with van der Waals surface area (Å²) in [6.45, 7) is 5.80. The Kier molecular flexibility index (Phi) is 5.49. The van der Waals surface area contributed by atoms with E-state index < -0.39 is 0 Å². The van der Waals surface area contributed by atoms with Gasteiger partial charge in [0.1, 0.15) is 12.1 Å². The molecule has 2 heterocycles. The van der Waals surface area contributed by atoms with Crippen LogP contribution in [0.4, 0.5) is 5.69 Å². The zero-order valence-electron chi connectivity index (χ0n) is 17.5. The van der Waals surface area contributed by atoms with Gasteiger partial charge in [-0.15, -0.1) is 0 Å². The molecule has 0 spiro atoms. The summed E-state index contributed by atoms with van der Waals surface area (Å²) in [5.41, 5.74) is 4.59. The molecule has 31 heavy (non-hydrogen) atoms. The van der Waals surface area contributed by atoms with E-state index in [9.17, 15) is 9.59 Å². The topological polar surface area (TPSA) is 90.0 Å². The second-order valence-electron chi connectivity index (χ2n) is 7.57. The fraction of sp³-hybridized carbons (Fsp3) is 0.167. The third-order valence-corrected chi connectivity index (χ3v) is 4.81. The van der Waals surface area contributed by atoms with E-state index in [2.05, 4.69) is 15.5 Å². The summed E-state index contributed by atoms with van der Waals surface area (Å²) in [7, 11) is 0. The van der Waals surface area contributed by atoms with Gasteiger partial charge in [-0.1, -0.05) is 41.1 Å². The number of nitrogens with one attached hydrogen (secondary N) is 1. The largest absolute Gasteiger partial charge is 0.333 e. The van der Waals surface area contributed by atoms with Gasteiger partial charge in [-0.2, -0.15) is 4.98 Å². The molecule has 1 N–H and O–H groups in total. The first-order valence-electron chi connectivity index (χ1n) is 9.88. The summed E-state index contributed by atoms with van der Waals surface area (Å²) in [6, 6.07) is 16.8. The third-order valence-electron chi connectivity index (χ3n) is 4.81. The third kappa shape index (κ3) is 4.61. The van der Waals surface area contributed by atoms with Gasteiger partial charge in [0.15, 0.2) is 0 Å². The number of carbonyl (C=O) groups excluding carboxylic acids is 1. The van der Waals surface area contributed by atoms with Crippen LogP contribution in [0.1, 0.15) is 16.7 Å². The van der Waals surface area contributed by atoms with Crippen LogP contribution in [0.2, 0.25) is 0 Å². The number of amides is 1. The minimum Gasteiger partial charge on any atom is -0.333 e. The number of rotatable bonds is 5. The monoisotopic (exact) mass is 414 g/mol. The zero-order valence-corrected chi connectivity index (χ0v) is 17.5. The van der Waals surface area contributed by atoms with Crippen LogP contribution in [0, 0.1) is 20.8 Å². The average molecular weight is 414 g/mol. The van der Waals surface area contributed by atoms with Crippen LogP contribution >= 0.6 is 0 Å². The Balaban J connectivity index is 1.55. The second-order valence-corrected chi connectivity index (χ2v) is 7.57. The summed E-state index contributed by atoms with van der Waals surface area (Å²) in [6.07, 6.45) is 1.56. The van der Waals surface area contributed by atoms with Crippen LogP contribution in [0.5, 0.6) is 0 Å². The lowest BCUT2D eigenvalue weighted by Crippen LogP contribution is -2.28. The molecule has 0 aliphatic carbocycles. The van der Waals surface area contributed by atoms with Crippen molar-refractivity contribution in [3.63, 3.8) is 0 Å². The molecular weight excluding hydrogens is 392 g/mol. The molecule has 0 fully saturated rings. The van der Waals surface area contributed by atoms with Gasteiger partial charge in [-0.05, 0) is 56.2 Å². The molecule has 2 aromatic carbocycles. The van der Waals surface area contributed by atoms with Gasteiger partial charge in [0.2, 0.25) is 11.7 Å². The molecule has 4 aromatic rings. The van der Waals surface area contributed by atoms with Crippen molar-refractivity contribution in [3.05, 3.63) is 87.8 Å². The van der Waals surface area contributed by atoms with E-state index in [-0.39, 0.29) is 29.5 Å². The van der Waals surface area contributed by atoms with Crippen molar-refractivity contribution in [2.75, 3.05) is 5.32 Å². The van der Waals surface area contributed by atoms with Crippen molar-refractivity contribution >= 4 is 11.6 Å². The maximum atomic E-state index is 12.9. The molecule has 0 saturated heterocycles. The lowest BCUT2D eigenvalue weighted by molar-refractivity contribution is -0.116. The number of pyridine rings is 1. The summed E-state index contributed by atoms with van der Waals surface area (Å²) in [5.74, 6) is 0.220. The highest BCUT2D eigenvalue weighted by atomic mass is 16.5. The highest BCUT2D eigenvalue weighted by Crippen LogP contribution is 2.20. The van der Waals surface area contributed by atoms with E-state index in [0.29, 0.717) is 11.5 Å². The first kappa shape index (κ1) is 20.3. The van der Waals surface area contributed by atoms with Gasteiger partial charge in [-0.25, -0.2) is 0 Å². The first-order chi connectivity index (χ1) is 14.9. The molecular formula is C24H22N4O3. The van der Waals surface area contributed by atoms with Crippen LogP contribution in [-0.4, -0.2) is 20.6 Å². The van der Waals surface area contributed by atoms with E-state index in [1.165, 1.54) is 4.57 Å². The van der Waals surface area contributed by atoms with Crippen molar-refractivity contribution in [3.8, 4) is 22.8 Å². The Morgan fingerprint density at radius 3 is 2.42 bits per heavy atom. The van der Waals surface area contributed by atoms with E-state index in [4.69, 9.17) is 4.52 Å². The minimum atomic E-state index is -0.378. The number of aromatic nitrogens is 3. The molecule has 0 radical (unpaired) electrons. The van der Waals surface area contributed by atoms with Crippen LogP contribution in [0.15, 0.2) is 70.1 Å². The van der Waals surface area contributed by atoms with E-state index in [0.717, 1.165) is 22.3 Å². The summed E-state index contributed by atoms with van der Waals surface area (Å²) in [5, 5.41) is 6.82. The van der Waals surface area contributed by atoms with Crippen molar-refractivity contribution in [1.82, 2.24) is 14.7 Å². The van der Waals surface area contributed by atoms with Crippen LogP contribution < -0.4 is 10.9 Å². The van der Waals surface area contributed by atoms with Gasteiger partial charge < -0.3 is 14.4 Å². The molecule has 0 aliphatic rings. The average Bonchev–Trinajstić information content (AvgIpc) is 3.19. The molecule has 7 heteroatoms. The maximum Gasteiger partial charge on any atom is 0.263 e. The van der Waals surface area contributed by atoms with Crippen molar-refractivity contribution in [2.24, 2.45) is 0 Å². The van der Waals surface area contributed by atoms with Gasteiger partial charge in [0, 0.05) is 17.4 Å². The van der Waals surface area contributed by atoms with E-state index in [1.807, 2.05) is 63.2 Å². The quantitative estimate of drug-likeness (QED) is 0.530. The van der Waals surface area contributed by atoms with Gasteiger partial charge in [0.25, 0.3) is 11.4 Å². The number of benzene rings is 2. The van der Waals surface area contributed by atoms with Crippen molar-refractivity contribution in [1.29, 1.82) is 0 Å². The summed E-state index contributed by atoms with van der Waals surface area (Å²) >= 11 is 0. The van der Waals surface area contributed by atoms with Gasteiger partial charge in [0.05, 0.1) is 0 Å². The van der Waals surface area contributed by atoms with Crippen LogP contribution in [0.3, 0.4) is 0 Å². The smallest absolute Gasteiger partial charge is 0.263 e. The molecule has 4 rings (SSSR count). The number of anilines is 1. The predicted octanol–water partition coefficient (Wildman–Crippen LogP) is 4.13. The Morgan fingerprint density at radius 2 is 1.71 bits per heavy atom. The summed E-state index contributed by atoms with van der Waals surface area (Å²) < 4.78 is 6.65. The fourth-order valence-corrected chi connectivity index (χ4v) is 3.38. The standard InChI is InChI=1S/C24H22N4O3/c1-15-6-8-18(9-7-15)22-26-23(31-27-22)20-5-4-10-28(24(20)30)14-21(29)25-19-12-16(2)11-17(3)13-19/h4-13H,14H2,1-3H3,(H,25,29). The van der Waals surface area contributed by atoms with Crippen LogP contribution in [0.25, 0.3) is 22.8 Å². The summed E-state index contributed by atoms with van der Waals surface area (Å²) in [4.78, 5) is 29.8. The fourth-order valence-electron chi connectivity index (χ4n) is 3.38. The lowest BCUT2D eigenvalue weighted by Gasteiger charge is -2.09. The molecule has 156 valence electrons. The number of hydrogen-bond acceptors (Lipinski definition) is 5. The Hall–Kier alpha value is -4.00. The highest BCUT2D eigenvalue weighted by Gasteiger charge is 2.16. The molecule has 0 aliphatic heterocycles. The molecule has 0 atom stereocenters. The molecule has 0 bridgehead atoms. The molecule has 0 saturated carbocycles.